The molecule has 17 heavy (non-hydrogen) atoms. The summed E-state index contributed by atoms with van der Waals surface area (Å²) < 4.78 is 11.5. The van der Waals surface area contributed by atoms with E-state index in [1.165, 1.54) is 24.8 Å². The van der Waals surface area contributed by atoms with Gasteiger partial charge in [0.05, 0.1) is 0 Å². The van der Waals surface area contributed by atoms with Gasteiger partial charge in [-0.3, -0.25) is 0 Å². The van der Waals surface area contributed by atoms with Crippen molar-refractivity contribution in [3.05, 3.63) is 23.8 Å². The maximum absolute atomic E-state index is 5.93. The number of nitrogens with two attached hydrogens (primary N) is 1. The molecule has 2 aliphatic rings. The third kappa shape index (κ3) is 1.61. The lowest BCUT2D eigenvalue weighted by atomic mass is 9.64. The molecular formula is C14H19NO2. The standard InChI is InChI=1S/C14H19NO2/c1-13(2)16-11-5-4-10(8-12(11)17-13)14(9-15)6-3-7-14/h4-5,8H,3,6-7,9,15H2,1-2H3. The summed E-state index contributed by atoms with van der Waals surface area (Å²) in [6.45, 7) is 4.57. The van der Waals surface area contributed by atoms with Crippen molar-refractivity contribution < 1.29 is 9.47 Å². The minimum Gasteiger partial charge on any atom is -0.449 e. The van der Waals surface area contributed by atoms with Gasteiger partial charge in [0.15, 0.2) is 11.5 Å². The Kier molecular flexibility index (Phi) is 2.17. The lowest BCUT2D eigenvalue weighted by Crippen LogP contribution is -2.41. The van der Waals surface area contributed by atoms with Gasteiger partial charge < -0.3 is 15.2 Å². The Bertz CT molecular complexity index is 444. The summed E-state index contributed by atoms with van der Waals surface area (Å²) in [6.07, 6.45) is 3.65. The minimum atomic E-state index is -0.545. The molecule has 1 saturated carbocycles. The van der Waals surface area contributed by atoms with E-state index in [4.69, 9.17) is 15.2 Å². The molecule has 0 saturated heterocycles. The van der Waals surface area contributed by atoms with E-state index in [1.807, 2.05) is 19.9 Å². The number of benzene rings is 1. The summed E-state index contributed by atoms with van der Waals surface area (Å²) >= 11 is 0. The van der Waals surface area contributed by atoms with E-state index >= 15 is 0 Å². The van der Waals surface area contributed by atoms with E-state index in [0.29, 0.717) is 0 Å². The molecule has 0 atom stereocenters. The topological polar surface area (TPSA) is 44.5 Å². The van der Waals surface area contributed by atoms with Crippen LogP contribution in [-0.4, -0.2) is 12.3 Å². The van der Waals surface area contributed by atoms with Crippen LogP contribution in [0.3, 0.4) is 0 Å². The average Bonchev–Trinajstić information content (AvgIpc) is 2.50. The number of ether oxygens (including phenoxy) is 2. The zero-order chi connectivity index (χ0) is 12.1. The first-order valence-corrected chi connectivity index (χ1v) is 6.27. The van der Waals surface area contributed by atoms with Crippen LogP contribution in [0.15, 0.2) is 18.2 Å². The fourth-order valence-electron chi connectivity index (χ4n) is 2.77. The predicted octanol–water partition coefficient (Wildman–Crippen LogP) is 2.57. The van der Waals surface area contributed by atoms with E-state index in [-0.39, 0.29) is 5.41 Å². The molecule has 0 unspecified atom stereocenters. The summed E-state index contributed by atoms with van der Waals surface area (Å²) in [6, 6.07) is 6.25. The molecule has 2 N–H and O–H groups in total. The Hall–Kier alpha value is -1.22. The quantitative estimate of drug-likeness (QED) is 0.853. The second-order valence-electron chi connectivity index (χ2n) is 5.60. The van der Waals surface area contributed by atoms with Gasteiger partial charge in [-0.25, -0.2) is 0 Å². The lowest BCUT2D eigenvalue weighted by Gasteiger charge is -2.41. The molecule has 3 heteroatoms. The average molecular weight is 233 g/mol. The minimum absolute atomic E-state index is 0.186. The molecule has 0 amide bonds. The van der Waals surface area contributed by atoms with Gasteiger partial charge in [-0.2, -0.15) is 0 Å². The molecular weight excluding hydrogens is 214 g/mol. The van der Waals surface area contributed by atoms with E-state index < -0.39 is 5.79 Å². The van der Waals surface area contributed by atoms with Crippen LogP contribution in [0.5, 0.6) is 11.5 Å². The van der Waals surface area contributed by atoms with E-state index in [2.05, 4.69) is 12.1 Å². The summed E-state index contributed by atoms with van der Waals surface area (Å²) in [7, 11) is 0. The molecule has 0 aromatic heterocycles. The van der Waals surface area contributed by atoms with E-state index in [0.717, 1.165) is 18.0 Å². The lowest BCUT2D eigenvalue weighted by molar-refractivity contribution is -0.0431. The predicted molar refractivity (Wildman–Crippen MR) is 66.4 cm³/mol. The van der Waals surface area contributed by atoms with Crippen LogP contribution in [0.25, 0.3) is 0 Å². The normalized spacial score (nSPS) is 23.2. The Morgan fingerprint density at radius 2 is 1.88 bits per heavy atom. The number of hydrogen-bond donors (Lipinski definition) is 1. The van der Waals surface area contributed by atoms with Crippen LogP contribution in [0.2, 0.25) is 0 Å². The Labute approximate surface area is 102 Å². The second kappa shape index (κ2) is 3.39. The molecule has 3 rings (SSSR count). The number of hydrogen-bond acceptors (Lipinski definition) is 3. The van der Waals surface area contributed by atoms with Gasteiger partial charge in [-0.1, -0.05) is 12.5 Å². The van der Waals surface area contributed by atoms with Crippen LogP contribution >= 0.6 is 0 Å². The zero-order valence-corrected chi connectivity index (χ0v) is 10.5. The molecule has 92 valence electrons. The fraction of sp³-hybridized carbons (Fsp3) is 0.571. The molecule has 1 aromatic carbocycles. The van der Waals surface area contributed by atoms with Crippen molar-refractivity contribution in [2.75, 3.05) is 6.54 Å². The smallest absolute Gasteiger partial charge is 0.246 e. The van der Waals surface area contributed by atoms with Crippen molar-refractivity contribution in [2.45, 2.75) is 44.3 Å². The highest BCUT2D eigenvalue weighted by atomic mass is 16.7. The molecule has 1 heterocycles. The van der Waals surface area contributed by atoms with Crippen molar-refractivity contribution in [2.24, 2.45) is 5.73 Å². The maximum Gasteiger partial charge on any atom is 0.246 e. The summed E-state index contributed by atoms with van der Waals surface area (Å²) in [5, 5.41) is 0. The zero-order valence-electron chi connectivity index (χ0n) is 10.5. The Morgan fingerprint density at radius 3 is 2.47 bits per heavy atom. The van der Waals surface area contributed by atoms with Crippen molar-refractivity contribution in [3.63, 3.8) is 0 Å². The summed E-state index contributed by atoms with van der Waals surface area (Å²) in [4.78, 5) is 0. The number of fused-ring (bicyclic) bond motifs is 1. The van der Waals surface area contributed by atoms with Crippen molar-refractivity contribution in [3.8, 4) is 11.5 Å². The maximum atomic E-state index is 5.93. The molecule has 0 bridgehead atoms. The molecule has 1 aliphatic carbocycles. The second-order valence-corrected chi connectivity index (χ2v) is 5.60. The number of rotatable bonds is 2. The molecule has 0 spiro atoms. The van der Waals surface area contributed by atoms with Crippen LogP contribution in [0.1, 0.15) is 38.7 Å². The first kappa shape index (κ1) is 10.9. The first-order valence-electron chi connectivity index (χ1n) is 6.27. The van der Waals surface area contributed by atoms with Crippen LogP contribution < -0.4 is 15.2 Å². The van der Waals surface area contributed by atoms with Gasteiger partial charge in [0.1, 0.15) is 0 Å². The Morgan fingerprint density at radius 1 is 1.18 bits per heavy atom. The molecule has 3 nitrogen and oxygen atoms in total. The highest BCUT2D eigenvalue weighted by Crippen LogP contribution is 2.47. The first-order chi connectivity index (χ1) is 8.05. The third-order valence-electron chi connectivity index (χ3n) is 3.97. The van der Waals surface area contributed by atoms with Crippen molar-refractivity contribution in [1.82, 2.24) is 0 Å². The van der Waals surface area contributed by atoms with Gasteiger partial charge in [0.25, 0.3) is 0 Å². The largest absolute Gasteiger partial charge is 0.449 e. The van der Waals surface area contributed by atoms with Crippen molar-refractivity contribution in [1.29, 1.82) is 0 Å². The van der Waals surface area contributed by atoms with Gasteiger partial charge in [-0.05, 0) is 30.5 Å². The highest BCUT2D eigenvalue weighted by Gasteiger charge is 2.39. The molecule has 1 fully saturated rings. The third-order valence-corrected chi connectivity index (χ3v) is 3.97. The van der Waals surface area contributed by atoms with E-state index in [9.17, 15) is 0 Å². The Balaban J connectivity index is 1.96. The van der Waals surface area contributed by atoms with Gasteiger partial charge in [-0.15, -0.1) is 0 Å². The highest BCUT2D eigenvalue weighted by molar-refractivity contribution is 5.48. The molecule has 1 aromatic rings. The van der Waals surface area contributed by atoms with Crippen molar-refractivity contribution >= 4 is 0 Å². The monoisotopic (exact) mass is 233 g/mol. The van der Waals surface area contributed by atoms with Crippen LogP contribution in [0.4, 0.5) is 0 Å². The van der Waals surface area contributed by atoms with Gasteiger partial charge >= 0.3 is 0 Å². The molecule has 1 aliphatic heterocycles. The van der Waals surface area contributed by atoms with Crippen LogP contribution in [0, 0.1) is 0 Å². The molecule has 0 radical (unpaired) electrons. The van der Waals surface area contributed by atoms with E-state index in [1.54, 1.807) is 0 Å². The summed E-state index contributed by atoms with van der Waals surface area (Å²) in [5.41, 5.74) is 7.41. The van der Waals surface area contributed by atoms with Gasteiger partial charge in [0.2, 0.25) is 5.79 Å². The SMILES string of the molecule is CC1(C)Oc2ccc(C3(CN)CCC3)cc2O1. The fourth-order valence-corrected chi connectivity index (χ4v) is 2.77. The van der Waals surface area contributed by atoms with Gasteiger partial charge in [0, 0.05) is 25.8 Å². The van der Waals surface area contributed by atoms with Crippen LogP contribution in [-0.2, 0) is 5.41 Å². The summed E-state index contributed by atoms with van der Waals surface area (Å²) in [5.74, 6) is 1.15.